The lowest BCUT2D eigenvalue weighted by Crippen LogP contribution is -2.08. The first-order valence-corrected chi connectivity index (χ1v) is 3.00. The van der Waals surface area contributed by atoms with E-state index in [1.807, 2.05) is 0 Å². The first-order valence-electron chi connectivity index (χ1n) is 2.62. The zero-order valence-electron chi connectivity index (χ0n) is 4.99. The lowest BCUT2D eigenvalue weighted by atomic mass is 9.96. The van der Waals surface area contributed by atoms with Gasteiger partial charge in [0.2, 0.25) is 0 Å². The Labute approximate surface area is 59.1 Å². The standard InChI is InChI=1S/C6H5BClF/c7-6-4(8)2-1-3-5(6)9/h1-3H,7H2. The molecule has 0 spiro atoms. The summed E-state index contributed by atoms with van der Waals surface area (Å²) in [5, 5.41) is 0.481. The van der Waals surface area contributed by atoms with Crippen molar-refractivity contribution in [1.82, 2.24) is 0 Å². The highest BCUT2D eigenvalue weighted by Gasteiger charge is 1.97. The van der Waals surface area contributed by atoms with E-state index in [2.05, 4.69) is 0 Å². The van der Waals surface area contributed by atoms with Crippen LogP contribution in [0.5, 0.6) is 0 Å². The highest BCUT2D eigenvalue weighted by Crippen LogP contribution is 2.04. The molecule has 0 saturated carbocycles. The molecule has 0 heterocycles. The summed E-state index contributed by atoms with van der Waals surface area (Å²) in [6.07, 6.45) is 0. The Kier molecular flexibility index (Phi) is 1.77. The molecule has 0 fully saturated rings. The largest absolute Gasteiger partial charge is 0.208 e. The second kappa shape index (κ2) is 2.40. The van der Waals surface area contributed by atoms with E-state index in [1.54, 1.807) is 20.0 Å². The summed E-state index contributed by atoms with van der Waals surface area (Å²) in [5.74, 6) is -0.248. The van der Waals surface area contributed by atoms with Crippen molar-refractivity contribution < 1.29 is 4.39 Å². The number of halogens is 2. The van der Waals surface area contributed by atoms with Gasteiger partial charge in [-0.3, -0.25) is 0 Å². The molecule has 0 saturated heterocycles. The minimum absolute atomic E-state index is 0.248. The second-order valence-corrected chi connectivity index (χ2v) is 2.25. The zero-order chi connectivity index (χ0) is 6.85. The number of hydrogen-bond donors (Lipinski definition) is 0. The van der Waals surface area contributed by atoms with Gasteiger partial charge in [0.1, 0.15) is 13.7 Å². The molecule has 0 nitrogen and oxygen atoms in total. The van der Waals surface area contributed by atoms with Crippen molar-refractivity contribution in [2.45, 2.75) is 0 Å². The van der Waals surface area contributed by atoms with Crippen LogP contribution in [0.3, 0.4) is 0 Å². The third kappa shape index (κ3) is 1.25. The Hall–Kier alpha value is -0.495. The molecule has 1 aromatic carbocycles. The van der Waals surface area contributed by atoms with E-state index in [0.29, 0.717) is 10.5 Å². The molecule has 0 aliphatic heterocycles. The van der Waals surface area contributed by atoms with Gasteiger partial charge in [-0.2, -0.15) is 0 Å². The molecule has 0 unspecified atom stereocenters. The fourth-order valence-electron chi connectivity index (χ4n) is 0.581. The molecular weight excluding hydrogens is 137 g/mol. The molecule has 0 atom stereocenters. The van der Waals surface area contributed by atoms with E-state index in [4.69, 9.17) is 11.6 Å². The van der Waals surface area contributed by atoms with E-state index >= 15 is 0 Å². The van der Waals surface area contributed by atoms with E-state index in [1.165, 1.54) is 6.07 Å². The van der Waals surface area contributed by atoms with Gasteiger partial charge in [0, 0.05) is 5.02 Å². The van der Waals surface area contributed by atoms with Gasteiger partial charge in [0.15, 0.2) is 0 Å². The molecule has 0 N–H and O–H groups in total. The van der Waals surface area contributed by atoms with Crippen molar-refractivity contribution in [1.29, 1.82) is 0 Å². The Morgan fingerprint density at radius 1 is 1.44 bits per heavy atom. The Bertz CT molecular complexity index is 204. The van der Waals surface area contributed by atoms with Gasteiger partial charge >= 0.3 is 0 Å². The van der Waals surface area contributed by atoms with Gasteiger partial charge in [-0.1, -0.05) is 17.7 Å². The summed E-state index contributed by atoms with van der Waals surface area (Å²) >= 11 is 5.57. The smallest absolute Gasteiger partial charge is 0.145 e. The lowest BCUT2D eigenvalue weighted by molar-refractivity contribution is 0.636. The van der Waals surface area contributed by atoms with Gasteiger partial charge in [-0.15, -0.1) is 0 Å². The molecule has 0 radical (unpaired) electrons. The van der Waals surface area contributed by atoms with Crippen molar-refractivity contribution in [3.05, 3.63) is 29.0 Å². The van der Waals surface area contributed by atoms with Gasteiger partial charge in [0.05, 0.1) is 0 Å². The van der Waals surface area contributed by atoms with Gasteiger partial charge in [0.25, 0.3) is 0 Å². The van der Waals surface area contributed by atoms with Gasteiger partial charge in [-0.05, 0) is 17.6 Å². The number of benzene rings is 1. The van der Waals surface area contributed by atoms with Gasteiger partial charge in [-0.25, -0.2) is 4.39 Å². The third-order valence-electron chi connectivity index (χ3n) is 1.20. The zero-order valence-corrected chi connectivity index (χ0v) is 5.74. The average molecular weight is 142 g/mol. The first-order chi connectivity index (χ1) is 4.22. The molecule has 1 aromatic rings. The van der Waals surface area contributed by atoms with E-state index in [9.17, 15) is 4.39 Å². The molecule has 0 aliphatic rings. The number of rotatable bonds is 0. The summed E-state index contributed by atoms with van der Waals surface area (Å²) < 4.78 is 12.5. The van der Waals surface area contributed by atoms with Crippen LogP contribution in [0.15, 0.2) is 18.2 Å². The summed E-state index contributed by atoms with van der Waals surface area (Å²) in [4.78, 5) is 0. The van der Waals surface area contributed by atoms with Crippen molar-refractivity contribution in [2.24, 2.45) is 0 Å². The normalized spacial score (nSPS) is 9.56. The molecular formula is C6H5BClF. The second-order valence-electron chi connectivity index (χ2n) is 1.85. The summed E-state index contributed by atoms with van der Waals surface area (Å²) in [5.41, 5.74) is 0.513. The Morgan fingerprint density at radius 2 is 2.11 bits per heavy atom. The maximum absolute atomic E-state index is 12.5. The summed E-state index contributed by atoms with van der Waals surface area (Å²) in [6, 6.07) is 4.64. The van der Waals surface area contributed by atoms with Crippen molar-refractivity contribution in [3.63, 3.8) is 0 Å². The summed E-state index contributed by atoms with van der Waals surface area (Å²) in [6.45, 7) is 0. The number of hydrogen-bond acceptors (Lipinski definition) is 0. The average Bonchev–Trinajstić information content (AvgIpc) is 1.83. The van der Waals surface area contributed by atoms with E-state index in [0.717, 1.165) is 0 Å². The fourth-order valence-corrected chi connectivity index (χ4v) is 0.744. The van der Waals surface area contributed by atoms with Crippen LogP contribution >= 0.6 is 11.6 Å². The molecule has 3 heteroatoms. The predicted octanol–water partition coefficient (Wildman–Crippen LogP) is 0.737. The minimum atomic E-state index is -0.248. The molecule has 1 rings (SSSR count). The predicted molar refractivity (Wildman–Crippen MR) is 39.6 cm³/mol. The van der Waals surface area contributed by atoms with Gasteiger partial charge < -0.3 is 0 Å². The van der Waals surface area contributed by atoms with Crippen molar-refractivity contribution >= 4 is 24.9 Å². The highest BCUT2D eigenvalue weighted by atomic mass is 35.5. The topological polar surface area (TPSA) is 0 Å². The first kappa shape index (κ1) is 6.62. The van der Waals surface area contributed by atoms with Crippen molar-refractivity contribution in [2.75, 3.05) is 0 Å². The van der Waals surface area contributed by atoms with Crippen LogP contribution < -0.4 is 5.46 Å². The fraction of sp³-hybridized carbons (Fsp3) is 0. The molecule has 0 aromatic heterocycles. The molecule has 0 amide bonds. The van der Waals surface area contributed by atoms with Crippen LogP contribution in [0.1, 0.15) is 0 Å². The van der Waals surface area contributed by atoms with Crippen molar-refractivity contribution in [3.8, 4) is 0 Å². The quantitative estimate of drug-likeness (QED) is 0.469. The van der Waals surface area contributed by atoms with E-state index < -0.39 is 0 Å². The van der Waals surface area contributed by atoms with Crippen LogP contribution in [-0.4, -0.2) is 7.85 Å². The van der Waals surface area contributed by atoms with Crippen LogP contribution in [-0.2, 0) is 0 Å². The summed E-state index contributed by atoms with van der Waals surface area (Å²) in [7, 11) is 1.65. The SMILES string of the molecule is Bc1c(F)cccc1Cl. The Morgan fingerprint density at radius 3 is 2.56 bits per heavy atom. The van der Waals surface area contributed by atoms with Crippen LogP contribution in [0.4, 0.5) is 4.39 Å². The molecule has 9 heavy (non-hydrogen) atoms. The lowest BCUT2D eigenvalue weighted by Gasteiger charge is -1.95. The maximum Gasteiger partial charge on any atom is 0.145 e. The monoisotopic (exact) mass is 142 g/mol. The minimum Gasteiger partial charge on any atom is -0.208 e. The van der Waals surface area contributed by atoms with Crippen LogP contribution in [0, 0.1) is 5.82 Å². The molecule has 0 bridgehead atoms. The maximum atomic E-state index is 12.5. The molecule has 0 aliphatic carbocycles. The Balaban J connectivity index is 3.25. The third-order valence-corrected chi connectivity index (χ3v) is 1.61. The van der Waals surface area contributed by atoms with Crippen LogP contribution in [0.25, 0.3) is 0 Å². The highest BCUT2D eigenvalue weighted by molar-refractivity contribution is 6.45. The van der Waals surface area contributed by atoms with E-state index in [-0.39, 0.29) is 5.82 Å². The van der Waals surface area contributed by atoms with Crippen LogP contribution in [0.2, 0.25) is 5.02 Å². The molecule has 46 valence electrons.